The summed E-state index contributed by atoms with van der Waals surface area (Å²) < 4.78 is 39.5. The molecule has 1 aromatic rings. The maximum Gasteiger partial charge on any atom is 0.335 e. The van der Waals surface area contributed by atoms with Crippen LogP contribution in [0.4, 0.5) is 0 Å². The average molecular weight is 488 g/mol. The van der Waals surface area contributed by atoms with Gasteiger partial charge >= 0.3 is 11.9 Å². The highest BCUT2D eigenvalue weighted by Crippen LogP contribution is 2.25. The first-order chi connectivity index (χ1) is 15.2. The van der Waals surface area contributed by atoms with Crippen LogP contribution in [0.15, 0.2) is 24.3 Å². The number of carbonyl (C=O) groups excluding carboxylic acids is 3. The zero-order valence-electron chi connectivity index (χ0n) is 19.6. The van der Waals surface area contributed by atoms with E-state index < -0.39 is 40.2 Å². The Bertz CT molecular complexity index is 926. The lowest BCUT2D eigenvalue weighted by atomic mass is 9.88. The van der Waals surface area contributed by atoms with Crippen LogP contribution in [-0.2, 0) is 40.0 Å². The van der Waals surface area contributed by atoms with E-state index in [1.54, 1.807) is 38.1 Å². The summed E-state index contributed by atoms with van der Waals surface area (Å²) in [6.07, 6.45) is -1.51. The first-order valence-corrected chi connectivity index (χ1v) is 12.1. The Balaban J connectivity index is 2.64. The maximum atomic E-state index is 12.4. The normalized spacial score (nSPS) is 12.8. The lowest BCUT2D eigenvalue weighted by molar-refractivity contribution is -0.162. The van der Waals surface area contributed by atoms with Crippen LogP contribution in [0.5, 0.6) is 5.75 Å². The molecule has 0 radical (unpaired) electrons. The zero-order chi connectivity index (χ0) is 25.2. The SMILES string of the molecule is CC(=O)NCCCS(=O)(=O)OCC(C)(C)[C@@H](O)C(=O)OCc1ccccc1OC(=O)C(C)C. The van der Waals surface area contributed by atoms with Gasteiger partial charge in [0.1, 0.15) is 12.4 Å². The van der Waals surface area contributed by atoms with Crippen molar-refractivity contribution in [1.29, 1.82) is 0 Å². The second kappa shape index (κ2) is 12.7. The highest BCUT2D eigenvalue weighted by molar-refractivity contribution is 7.86. The van der Waals surface area contributed by atoms with Crippen LogP contribution in [0.25, 0.3) is 0 Å². The van der Waals surface area contributed by atoms with Crippen LogP contribution in [0.2, 0.25) is 0 Å². The molecule has 0 fully saturated rings. The minimum Gasteiger partial charge on any atom is -0.459 e. The van der Waals surface area contributed by atoms with Crippen molar-refractivity contribution in [2.75, 3.05) is 18.9 Å². The van der Waals surface area contributed by atoms with E-state index in [0.717, 1.165) is 0 Å². The number of nitrogens with one attached hydrogen (secondary N) is 1. The summed E-state index contributed by atoms with van der Waals surface area (Å²) >= 11 is 0. The lowest BCUT2D eigenvalue weighted by Gasteiger charge is -2.28. The van der Waals surface area contributed by atoms with Crippen LogP contribution in [0, 0.1) is 11.3 Å². The number of ether oxygens (including phenoxy) is 2. The standard InChI is InChI=1S/C22H33NO9S/c1-15(2)20(26)32-18-10-7-6-9-17(18)13-30-21(27)19(25)22(4,5)14-31-33(28,29)12-8-11-23-16(3)24/h6-7,9-10,15,19,25H,8,11-14H2,1-5H3,(H,23,24)/t19-/m0/s1. The minimum absolute atomic E-state index is 0.160. The van der Waals surface area contributed by atoms with Crippen molar-refractivity contribution in [1.82, 2.24) is 5.32 Å². The van der Waals surface area contributed by atoms with Crippen LogP contribution >= 0.6 is 0 Å². The third-order valence-corrected chi connectivity index (χ3v) is 5.81. The largest absolute Gasteiger partial charge is 0.459 e. The van der Waals surface area contributed by atoms with Crippen molar-refractivity contribution in [2.45, 2.75) is 53.8 Å². The molecule has 0 aliphatic carbocycles. The van der Waals surface area contributed by atoms with Gasteiger partial charge in [-0.25, -0.2) is 4.79 Å². The van der Waals surface area contributed by atoms with E-state index >= 15 is 0 Å². The van der Waals surface area contributed by atoms with E-state index in [-0.39, 0.29) is 42.9 Å². The molecular weight excluding hydrogens is 454 g/mol. The highest BCUT2D eigenvalue weighted by Gasteiger charge is 2.36. The number of aliphatic hydroxyl groups is 1. The van der Waals surface area contributed by atoms with Crippen molar-refractivity contribution in [2.24, 2.45) is 11.3 Å². The van der Waals surface area contributed by atoms with Gasteiger partial charge in [0.25, 0.3) is 10.1 Å². The summed E-state index contributed by atoms with van der Waals surface area (Å²) in [6, 6.07) is 6.53. The van der Waals surface area contributed by atoms with E-state index in [0.29, 0.717) is 5.56 Å². The molecule has 2 N–H and O–H groups in total. The summed E-state index contributed by atoms with van der Waals surface area (Å²) in [7, 11) is -3.91. The molecule has 0 aromatic heterocycles. The Morgan fingerprint density at radius 2 is 1.76 bits per heavy atom. The Morgan fingerprint density at radius 3 is 2.36 bits per heavy atom. The fourth-order valence-electron chi connectivity index (χ4n) is 2.39. The summed E-state index contributed by atoms with van der Waals surface area (Å²) in [5, 5.41) is 12.9. The van der Waals surface area contributed by atoms with E-state index in [9.17, 15) is 27.9 Å². The van der Waals surface area contributed by atoms with Gasteiger partial charge in [-0.15, -0.1) is 0 Å². The van der Waals surface area contributed by atoms with Gasteiger partial charge < -0.3 is 19.9 Å². The molecule has 0 heterocycles. The Morgan fingerprint density at radius 1 is 1.12 bits per heavy atom. The predicted molar refractivity (Wildman–Crippen MR) is 120 cm³/mol. The fraction of sp³-hybridized carbons (Fsp3) is 0.591. The maximum absolute atomic E-state index is 12.4. The zero-order valence-corrected chi connectivity index (χ0v) is 20.4. The smallest absolute Gasteiger partial charge is 0.335 e. The molecular formula is C22H33NO9S. The average Bonchev–Trinajstić information content (AvgIpc) is 2.74. The summed E-state index contributed by atoms with van der Waals surface area (Å²) in [4.78, 5) is 35.1. The molecule has 186 valence electrons. The van der Waals surface area contributed by atoms with E-state index in [1.165, 1.54) is 20.8 Å². The van der Waals surface area contributed by atoms with E-state index in [2.05, 4.69) is 5.32 Å². The molecule has 10 nitrogen and oxygen atoms in total. The molecule has 1 rings (SSSR count). The number of rotatable bonds is 13. The van der Waals surface area contributed by atoms with Crippen LogP contribution < -0.4 is 10.1 Å². The Hall–Kier alpha value is -2.50. The van der Waals surface area contributed by atoms with Gasteiger partial charge in [-0.1, -0.05) is 45.9 Å². The van der Waals surface area contributed by atoms with Gasteiger partial charge in [0, 0.05) is 24.4 Å². The number of carbonyl (C=O) groups is 3. The molecule has 0 saturated heterocycles. The van der Waals surface area contributed by atoms with Gasteiger partial charge in [0.15, 0.2) is 6.10 Å². The molecule has 11 heteroatoms. The number of hydrogen-bond donors (Lipinski definition) is 2. The van der Waals surface area contributed by atoms with Gasteiger partial charge in [-0.3, -0.25) is 13.8 Å². The van der Waals surface area contributed by atoms with Gasteiger partial charge in [-0.2, -0.15) is 8.42 Å². The molecule has 0 aliphatic rings. The minimum atomic E-state index is -3.91. The Kier molecular flexibility index (Phi) is 10.9. The van der Waals surface area contributed by atoms with Crippen molar-refractivity contribution >= 4 is 28.0 Å². The second-order valence-electron chi connectivity index (χ2n) is 8.54. The van der Waals surface area contributed by atoms with Crippen molar-refractivity contribution in [3.63, 3.8) is 0 Å². The first kappa shape index (κ1) is 28.5. The highest BCUT2D eigenvalue weighted by atomic mass is 32.2. The monoisotopic (exact) mass is 487 g/mol. The third-order valence-electron chi connectivity index (χ3n) is 4.54. The first-order valence-electron chi connectivity index (χ1n) is 10.5. The van der Waals surface area contributed by atoms with Gasteiger partial charge in [-0.05, 0) is 12.5 Å². The van der Waals surface area contributed by atoms with Gasteiger partial charge in [0.05, 0.1) is 18.3 Å². The Labute approximate surface area is 194 Å². The van der Waals surface area contributed by atoms with E-state index in [1.807, 2.05) is 0 Å². The number of amides is 1. The fourth-order valence-corrected chi connectivity index (χ4v) is 3.49. The number of aliphatic hydroxyl groups excluding tert-OH is 1. The molecule has 1 atom stereocenters. The quantitative estimate of drug-likeness (QED) is 0.183. The third kappa shape index (κ3) is 10.3. The summed E-state index contributed by atoms with van der Waals surface area (Å²) in [5.74, 6) is -2.11. The van der Waals surface area contributed by atoms with E-state index in [4.69, 9.17) is 13.7 Å². The molecule has 0 aliphatic heterocycles. The lowest BCUT2D eigenvalue weighted by Crippen LogP contribution is -2.41. The van der Waals surface area contributed by atoms with Crippen molar-refractivity contribution < 1.29 is 41.6 Å². The number of benzene rings is 1. The molecule has 0 unspecified atom stereocenters. The molecule has 33 heavy (non-hydrogen) atoms. The molecule has 0 spiro atoms. The molecule has 1 amide bonds. The number of esters is 2. The summed E-state index contributed by atoms with van der Waals surface area (Å²) in [5.41, 5.74) is -0.839. The van der Waals surface area contributed by atoms with Crippen LogP contribution in [-0.4, -0.2) is 56.4 Å². The van der Waals surface area contributed by atoms with Crippen LogP contribution in [0.3, 0.4) is 0 Å². The summed E-state index contributed by atoms with van der Waals surface area (Å²) in [6.45, 7) is 7.11. The topological polar surface area (TPSA) is 145 Å². The number of para-hydroxylation sites is 1. The number of hydrogen-bond acceptors (Lipinski definition) is 9. The van der Waals surface area contributed by atoms with Crippen LogP contribution in [0.1, 0.15) is 46.6 Å². The molecule has 0 saturated carbocycles. The van der Waals surface area contributed by atoms with Crippen molar-refractivity contribution in [3.05, 3.63) is 29.8 Å². The van der Waals surface area contributed by atoms with Crippen molar-refractivity contribution in [3.8, 4) is 5.75 Å². The molecule has 0 bridgehead atoms. The predicted octanol–water partition coefficient (Wildman–Crippen LogP) is 1.55. The van der Waals surface area contributed by atoms with Gasteiger partial charge in [0.2, 0.25) is 5.91 Å². The second-order valence-corrected chi connectivity index (χ2v) is 10.3. The molecule has 1 aromatic carbocycles.